The van der Waals surface area contributed by atoms with E-state index in [0.29, 0.717) is 0 Å². The summed E-state index contributed by atoms with van der Waals surface area (Å²) in [5.74, 6) is -3.89. The molecule has 0 saturated heterocycles. The van der Waals surface area contributed by atoms with E-state index in [1.807, 2.05) is 0 Å². The summed E-state index contributed by atoms with van der Waals surface area (Å²) in [5, 5.41) is 34.8. The average molecular weight is 171 g/mol. The van der Waals surface area contributed by atoms with E-state index in [-0.39, 0.29) is 0 Å². The lowest BCUT2D eigenvalue weighted by atomic mass is 10.2. The van der Waals surface area contributed by atoms with Gasteiger partial charge in [0.15, 0.2) is 5.75 Å². The van der Waals surface area contributed by atoms with E-state index >= 15 is 0 Å². The van der Waals surface area contributed by atoms with Crippen molar-refractivity contribution in [3.05, 3.63) is 11.6 Å². The molecule has 0 amide bonds. The minimum absolute atomic E-state index is 0.597. The predicted molar refractivity (Wildman–Crippen MR) is 36.2 cm³/mol. The van der Waals surface area contributed by atoms with Crippen LogP contribution in [-0.4, -0.2) is 31.4 Å². The lowest BCUT2D eigenvalue weighted by Gasteiger charge is -2.00. The van der Waals surface area contributed by atoms with Crippen molar-refractivity contribution in [2.45, 2.75) is 0 Å². The second-order valence-corrected chi connectivity index (χ2v) is 2.01. The summed E-state index contributed by atoms with van der Waals surface area (Å²) in [6.07, 6.45) is 0. The molecule has 0 atom stereocenters. The van der Waals surface area contributed by atoms with Crippen molar-refractivity contribution in [1.29, 1.82) is 0 Å². The van der Waals surface area contributed by atoms with Crippen LogP contribution in [0.5, 0.6) is 17.5 Å². The smallest absolute Gasteiger partial charge is 0.339 e. The van der Waals surface area contributed by atoms with Gasteiger partial charge in [-0.05, 0) is 0 Å². The van der Waals surface area contributed by atoms with Crippen molar-refractivity contribution < 1.29 is 25.2 Å². The molecule has 0 aliphatic rings. The second kappa shape index (κ2) is 2.57. The van der Waals surface area contributed by atoms with E-state index in [4.69, 9.17) is 20.4 Å². The first-order valence-electron chi connectivity index (χ1n) is 2.87. The van der Waals surface area contributed by atoms with Crippen molar-refractivity contribution in [1.82, 2.24) is 4.98 Å². The van der Waals surface area contributed by atoms with Crippen LogP contribution in [0.25, 0.3) is 0 Å². The molecule has 0 saturated carbocycles. The molecule has 6 heteroatoms. The molecule has 0 unspecified atom stereocenters. The minimum atomic E-state index is -1.46. The van der Waals surface area contributed by atoms with Crippen molar-refractivity contribution in [2.75, 3.05) is 0 Å². The zero-order valence-electron chi connectivity index (χ0n) is 5.72. The minimum Gasteiger partial charge on any atom is -0.502 e. The first kappa shape index (κ1) is 8.12. The number of aromatic nitrogens is 1. The predicted octanol–water partition coefficient (Wildman–Crippen LogP) is -0.103. The molecule has 0 aromatic carbocycles. The Morgan fingerprint density at radius 3 is 2.42 bits per heavy atom. The Bertz CT molecular complexity index is 335. The Morgan fingerprint density at radius 2 is 1.92 bits per heavy atom. The van der Waals surface area contributed by atoms with Gasteiger partial charge in [0.1, 0.15) is 5.56 Å². The van der Waals surface area contributed by atoms with Gasteiger partial charge in [-0.1, -0.05) is 0 Å². The molecule has 0 aliphatic carbocycles. The van der Waals surface area contributed by atoms with Gasteiger partial charge in [0.05, 0.1) is 0 Å². The Kier molecular flexibility index (Phi) is 1.74. The number of aromatic hydroxyl groups is 3. The normalized spacial score (nSPS) is 9.67. The molecule has 1 rings (SSSR count). The van der Waals surface area contributed by atoms with Crippen molar-refractivity contribution in [3.63, 3.8) is 0 Å². The summed E-state index contributed by atoms with van der Waals surface area (Å²) in [6.45, 7) is 0. The number of carboxylic acids is 1. The third-order valence-electron chi connectivity index (χ3n) is 1.19. The number of carboxylic acid groups (broad SMARTS) is 1. The SMILES string of the molecule is O=C(O)c1cc(O)nc(O)c1O. The molecule has 4 N–H and O–H groups in total. The molecule has 1 heterocycles. The van der Waals surface area contributed by atoms with Crippen LogP contribution in [0, 0.1) is 0 Å². The summed E-state index contributed by atoms with van der Waals surface area (Å²) in [4.78, 5) is 13.3. The number of rotatable bonds is 1. The molecule has 6 nitrogen and oxygen atoms in total. The average Bonchev–Trinajstić information content (AvgIpc) is 1.96. The van der Waals surface area contributed by atoms with E-state index < -0.39 is 29.0 Å². The molecule has 0 radical (unpaired) electrons. The largest absolute Gasteiger partial charge is 0.502 e. The van der Waals surface area contributed by atoms with Crippen LogP contribution in [0.4, 0.5) is 0 Å². The van der Waals surface area contributed by atoms with Gasteiger partial charge in [-0.15, -0.1) is 0 Å². The molecule has 0 spiro atoms. The second-order valence-electron chi connectivity index (χ2n) is 2.01. The standard InChI is InChI=1S/C6H5NO5/c8-3-1-2(6(11)12)4(9)5(10)7-3/h1,9H,(H,11,12)(H2,7,8,10). The quantitative estimate of drug-likeness (QED) is 0.469. The van der Waals surface area contributed by atoms with Gasteiger partial charge in [0.2, 0.25) is 5.88 Å². The van der Waals surface area contributed by atoms with Crippen LogP contribution in [-0.2, 0) is 0 Å². The first-order valence-corrected chi connectivity index (χ1v) is 2.87. The fraction of sp³-hybridized carbons (Fsp3) is 0. The Labute approximate surface area is 66.4 Å². The summed E-state index contributed by atoms with van der Waals surface area (Å²) in [6, 6.07) is 0.734. The maximum absolute atomic E-state index is 10.3. The van der Waals surface area contributed by atoms with E-state index in [0.717, 1.165) is 6.07 Å². The van der Waals surface area contributed by atoms with Crippen LogP contribution < -0.4 is 0 Å². The maximum Gasteiger partial charge on any atom is 0.339 e. The Morgan fingerprint density at radius 1 is 1.33 bits per heavy atom. The highest BCUT2D eigenvalue weighted by Gasteiger charge is 2.15. The van der Waals surface area contributed by atoms with Gasteiger partial charge in [-0.3, -0.25) is 0 Å². The highest BCUT2D eigenvalue weighted by atomic mass is 16.4. The molecular weight excluding hydrogens is 166 g/mol. The van der Waals surface area contributed by atoms with Crippen molar-refractivity contribution >= 4 is 5.97 Å². The van der Waals surface area contributed by atoms with Gasteiger partial charge >= 0.3 is 5.97 Å². The molecular formula is C6H5NO5. The number of pyridine rings is 1. The Balaban J connectivity index is 3.37. The zero-order valence-corrected chi connectivity index (χ0v) is 5.72. The summed E-state index contributed by atoms with van der Waals surface area (Å²) in [5.41, 5.74) is -0.597. The van der Waals surface area contributed by atoms with Gasteiger partial charge < -0.3 is 20.4 Å². The van der Waals surface area contributed by atoms with Gasteiger partial charge in [0, 0.05) is 6.07 Å². The zero-order chi connectivity index (χ0) is 9.30. The van der Waals surface area contributed by atoms with Gasteiger partial charge in [-0.2, -0.15) is 4.98 Å². The van der Waals surface area contributed by atoms with Gasteiger partial charge in [0.25, 0.3) is 5.88 Å². The highest BCUT2D eigenvalue weighted by molar-refractivity contribution is 5.91. The molecule has 0 aliphatic heterocycles. The third-order valence-corrected chi connectivity index (χ3v) is 1.19. The van der Waals surface area contributed by atoms with E-state index in [1.54, 1.807) is 0 Å². The molecule has 1 aromatic rings. The summed E-state index contributed by atoms with van der Waals surface area (Å²) in [7, 11) is 0. The van der Waals surface area contributed by atoms with E-state index in [1.165, 1.54) is 0 Å². The third kappa shape index (κ3) is 1.22. The van der Waals surface area contributed by atoms with Crippen LogP contribution >= 0.6 is 0 Å². The number of hydrogen-bond acceptors (Lipinski definition) is 5. The van der Waals surface area contributed by atoms with Gasteiger partial charge in [-0.25, -0.2) is 4.79 Å². The van der Waals surface area contributed by atoms with E-state index in [2.05, 4.69) is 4.98 Å². The monoisotopic (exact) mass is 171 g/mol. The lowest BCUT2D eigenvalue weighted by Crippen LogP contribution is -1.97. The fourth-order valence-corrected chi connectivity index (χ4v) is 0.675. The number of carbonyl (C=O) groups is 1. The topological polar surface area (TPSA) is 111 Å². The number of nitrogens with zero attached hydrogens (tertiary/aromatic N) is 1. The molecule has 1 aromatic heterocycles. The highest BCUT2D eigenvalue weighted by Crippen LogP contribution is 2.29. The number of aromatic carboxylic acids is 1. The lowest BCUT2D eigenvalue weighted by molar-refractivity contribution is 0.0692. The Hall–Kier alpha value is -1.98. The van der Waals surface area contributed by atoms with Crippen molar-refractivity contribution in [2.24, 2.45) is 0 Å². The number of hydrogen-bond donors (Lipinski definition) is 4. The summed E-state index contributed by atoms with van der Waals surface area (Å²) >= 11 is 0. The molecule has 0 fully saturated rings. The maximum atomic E-state index is 10.3. The molecule has 64 valence electrons. The van der Waals surface area contributed by atoms with Crippen LogP contribution in [0.15, 0.2) is 6.07 Å². The fourth-order valence-electron chi connectivity index (χ4n) is 0.675. The molecule has 0 bridgehead atoms. The van der Waals surface area contributed by atoms with Crippen LogP contribution in [0.1, 0.15) is 10.4 Å². The van der Waals surface area contributed by atoms with E-state index in [9.17, 15) is 4.79 Å². The molecule has 12 heavy (non-hydrogen) atoms. The summed E-state index contributed by atoms with van der Waals surface area (Å²) < 4.78 is 0. The first-order chi connectivity index (χ1) is 5.52. The van der Waals surface area contributed by atoms with Crippen LogP contribution in [0.2, 0.25) is 0 Å². The van der Waals surface area contributed by atoms with Crippen LogP contribution in [0.3, 0.4) is 0 Å². The van der Waals surface area contributed by atoms with Crippen molar-refractivity contribution in [3.8, 4) is 17.5 Å².